The molecule has 4 nitrogen and oxygen atoms in total. The third-order valence-corrected chi connectivity index (χ3v) is 3.44. The topological polar surface area (TPSA) is 35.2 Å². The maximum absolute atomic E-state index is 4.01. The van der Waals surface area contributed by atoms with E-state index in [0.29, 0.717) is 12.0 Å². The van der Waals surface area contributed by atoms with Crippen molar-refractivity contribution in [3.8, 4) is 0 Å². The summed E-state index contributed by atoms with van der Waals surface area (Å²) in [5.74, 6) is 0.700. The number of nitrogens with zero attached hydrogens (tertiary/aromatic N) is 3. The molecule has 1 aromatic rings. The highest BCUT2D eigenvalue weighted by molar-refractivity contribution is 4.99. The van der Waals surface area contributed by atoms with Gasteiger partial charge in [-0.15, -0.1) is 0 Å². The van der Waals surface area contributed by atoms with Crippen molar-refractivity contribution in [1.82, 2.24) is 20.0 Å². The van der Waals surface area contributed by atoms with E-state index in [-0.39, 0.29) is 0 Å². The Hall–Kier alpha value is -0.870. The summed E-state index contributed by atoms with van der Waals surface area (Å²) < 4.78 is 0. The molecule has 1 fully saturated rings. The molecular weight excluding hydrogens is 200 g/mol. The molecule has 0 amide bonds. The third kappa shape index (κ3) is 2.62. The van der Waals surface area contributed by atoms with Gasteiger partial charge in [0.25, 0.3) is 0 Å². The van der Waals surface area contributed by atoms with E-state index < -0.39 is 0 Å². The SMILES string of the molecule is CC(C)C1CN(C)CCN1Cc1ccn[nH]1. The molecule has 1 aliphatic rings. The van der Waals surface area contributed by atoms with Crippen LogP contribution in [-0.4, -0.2) is 52.7 Å². The zero-order chi connectivity index (χ0) is 11.5. The molecule has 0 aliphatic carbocycles. The molecule has 0 saturated carbocycles. The lowest BCUT2D eigenvalue weighted by Crippen LogP contribution is -2.53. The second-order valence-electron chi connectivity index (χ2n) is 5.13. The van der Waals surface area contributed by atoms with Crippen LogP contribution in [0.2, 0.25) is 0 Å². The first kappa shape index (κ1) is 11.6. The van der Waals surface area contributed by atoms with Gasteiger partial charge in [-0.1, -0.05) is 13.8 Å². The predicted molar refractivity (Wildman–Crippen MR) is 65.1 cm³/mol. The molecule has 1 unspecified atom stereocenters. The molecule has 4 heteroatoms. The number of H-pyrrole nitrogens is 1. The largest absolute Gasteiger partial charge is 0.304 e. The minimum Gasteiger partial charge on any atom is -0.304 e. The molecule has 1 atom stereocenters. The van der Waals surface area contributed by atoms with Crippen molar-refractivity contribution in [3.05, 3.63) is 18.0 Å². The molecule has 2 rings (SSSR count). The average molecular weight is 222 g/mol. The summed E-state index contributed by atoms with van der Waals surface area (Å²) in [6.07, 6.45) is 1.83. The molecule has 16 heavy (non-hydrogen) atoms. The highest BCUT2D eigenvalue weighted by Crippen LogP contribution is 2.18. The van der Waals surface area contributed by atoms with Gasteiger partial charge in [-0.05, 0) is 19.0 Å². The van der Waals surface area contributed by atoms with Gasteiger partial charge in [0.1, 0.15) is 0 Å². The highest BCUT2D eigenvalue weighted by Gasteiger charge is 2.27. The van der Waals surface area contributed by atoms with Crippen LogP contribution in [0.25, 0.3) is 0 Å². The number of aromatic nitrogens is 2. The first-order chi connectivity index (χ1) is 7.66. The van der Waals surface area contributed by atoms with E-state index in [1.54, 1.807) is 0 Å². The number of rotatable bonds is 3. The van der Waals surface area contributed by atoms with Gasteiger partial charge in [0.15, 0.2) is 0 Å². The number of nitrogens with one attached hydrogen (secondary N) is 1. The van der Waals surface area contributed by atoms with Gasteiger partial charge in [0.2, 0.25) is 0 Å². The quantitative estimate of drug-likeness (QED) is 0.834. The molecular formula is C12H22N4. The fourth-order valence-electron chi connectivity index (χ4n) is 2.41. The second kappa shape index (κ2) is 4.97. The molecule has 1 aromatic heterocycles. The Labute approximate surface area is 97.6 Å². The number of likely N-dealkylation sites (N-methyl/N-ethyl adjacent to an activating group) is 1. The number of hydrogen-bond acceptors (Lipinski definition) is 3. The van der Waals surface area contributed by atoms with Crippen LogP contribution in [0.3, 0.4) is 0 Å². The normalized spacial score (nSPS) is 24.1. The Morgan fingerprint density at radius 2 is 2.31 bits per heavy atom. The van der Waals surface area contributed by atoms with Gasteiger partial charge in [0.05, 0.1) is 0 Å². The van der Waals surface area contributed by atoms with Crippen LogP contribution < -0.4 is 0 Å². The van der Waals surface area contributed by atoms with Gasteiger partial charge in [-0.25, -0.2) is 0 Å². The summed E-state index contributed by atoms with van der Waals surface area (Å²) in [7, 11) is 2.21. The van der Waals surface area contributed by atoms with Gasteiger partial charge >= 0.3 is 0 Å². The van der Waals surface area contributed by atoms with Crippen LogP contribution in [0.1, 0.15) is 19.5 Å². The van der Waals surface area contributed by atoms with Crippen molar-refractivity contribution in [3.63, 3.8) is 0 Å². The van der Waals surface area contributed by atoms with Crippen LogP contribution in [0.5, 0.6) is 0 Å². The van der Waals surface area contributed by atoms with Crippen molar-refractivity contribution in [2.75, 3.05) is 26.7 Å². The summed E-state index contributed by atoms with van der Waals surface area (Å²) in [4.78, 5) is 4.99. The minimum atomic E-state index is 0.655. The lowest BCUT2D eigenvalue weighted by Gasteiger charge is -2.42. The molecule has 0 radical (unpaired) electrons. The van der Waals surface area contributed by atoms with Crippen molar-refractivity contribution in [1.29, 1.82) is 0 Å². The minimum absolute atomic E-state index is 0.655. The summed E-state index contributed by atoms with van der Waals surface area (Å²) in [5, 5.41) is 7.06. The van der Waals surface area contributed by atoms with Crippen LogP contribution in [0.15, 0.2) is 12.3 Å². The second-order valence-corrected chi connectivity index (χ2v) is 5.13. The summed E-state index contributed by atoms with van der Waals surface area (Å²) in [6, 6.07) is 2.72. The summed E-state index contributed by atoms with van der Waals surface area (Å²) in [5.41, 5.74) is 1.22. The standard InChI is InChI=1S/C12H22N4/c1-10(2)12-9-15(3)6-7-16(12)8-11-4-5-13-14-11/h4-5,10,12H,6-9H2,1-3H3,(H,13,14). The molecule has 2 heterocycles. The van der Waals surface area contributed by atoms with Gasteiger partial charge in [0, 0.05) is 44.1 Å². The van der Waals surface area contributed by atoms with Crippen LogP contribution >= 0.6 is 0 Å². The monoisotopic (exact) mass is 222 g/mol. The highest BCUT2D eigenvalue weighted by atomic mass is 15.3. The van der Waals surface area contributed by atoms with Gasteiger partial charge in [-0.3, -0.25) is 10.00 Å². The van der Waals surface area contributed by atoms with E-state index in [0.717, 1.165) is 19.6 Å². The van der Waals surface area contributed by atoms with Crippen molar-refractivity contribution in [2.24, 2.45) is 5.92 Å². The Bertz CT molecular complexity index is 307. The van der Waals surface area contributed by atoms with E-state index in [9.17, 15) is 0 Å². The van der Waals surface area contributed by atoms with Crippen molar-refractivity contribution < 1.29 is 0 Å². The van der Waals surface area contributed by atoms with E-state index in [1.165, 1.54) is 12.2 Å². The molecule has 0 aromatic carbocycles. The fourth-order valence-corrected chi connectivity index (χ4v) is 2.41. The van der Waals surface area contributed by atoms with Crippen molar-refractivity contribution in [2.45, 2.75) is 26.4 Å². The first-order valence-corrected chi connectivity index (χ1v) is 6.07. The molecule has 1 saturated heterocycles. The van der Waals surface area contributed by atoms with Crippen molar-refractivity contribution >= 4 is 0 Å². The summed E-state index contributed by atoms with van der Waals surface area (Å²) in [6.45, 7) is 9.10. The van der Waals surface area contributed by atoms with E-state index in [2.05, 4.69) is 47.0 Å². The van der Waals surface area contributed by atoms with Crippen LogP contribution in [0.4, 0.5) is 0 Å². The number of piperazine rings is 1. The van der Waals surface area contributed by atoms with Crippen LogP contribution in [-0.2, 0) is 6.54 Å². The zero-order valence-electron chi connectivity index (χ0n) is 10.5. The third-order valence-electron chi connectivity index (χ3n) is 3.44. The smallest absolute Gasteiger partial charge is 0.0492 e. The number of aromatic amines is 1. The molecule has 0 spiro atoms. The lowest BCUT2D eigenvalue weighted by molar-refractivity contribution is 0.0561. The van der Waals surface area contributed by atoms with Gasteiger partial charge < -0.3 is 4.90 Å². The van der Waals surface area contributed by atoms with E-state index >= 15 is 0 Å². The Morgan fingerprint density at radius 3 is 2.94 bits per heavy atom. The molecule has 1 N–H and O–H groups in total. The molecule has 90 valence electrons. The van der Waals surface area contributed by atoms with Crippen LogP contribution in [0, 0.1) is 5.92 Å². The van der Waals surface area contributed by atoms with E-state index in [4.69, 9.17) is 0 Å². The van der Waals surface area contributed by atoms with Gasteiger partial charge in [-0.2, -0.15) is 5.10 Å². The molecule has 0 bridgehead atoms. The molecule has 1 aliphatic heterocycles. The lowest BCUT2D eigenvalue weighted by atomic mass is 9.99. The first-order valence-electron chi connectivity index (χ1n) is 6.07. The Morgan fingerprint density at radius 1 is 1.50 bits per heavy atom. The Kier molecular flexibility index (Phi) is 3.61. The predicted octanol–water partition coefficient (Wildman–Crippen LogP) is 1.18. The maximum atomic E-state index is 4.01. The fraction of sp³-hybridized carbons (Fsp3) is 0.750. The number of hydrogen-bond donors (Lipinski definition) is 1. The maximum Gasteiger partial charge on any atom is 0.0492 e. The summed E-state index contributed by atoms with van der Waals surface area (Å²) >= 11 is 0. The zero-order valence-corrected chi connectivity index (χ0v) is 10.5. The average Bonchev–Trinajstić information content (AvgIpc) is 2.73. The Balaban J connectivity index is 2.01. The van der Waals surface area contributed by atoms with E-state index in [1.807, 2.05) is 6.20 Å².